The van der Waals surface area contributed by atoms with Crippen LogP contribution in [-0.2, 0) is 19.9 Å². The second-order valence-electron chi connectivity index (χ2n) is 5.90. The predicted octanol–water partition coefficient (Wildman–Crippen LogP) is 3.42. The van der Waals surface area contributed by atoms with E-state index in [-0.39, 0.29) is 5.82 Å². The SMILES string of the molecule is CCc1cc(Cc2cn(C)nc2-c2ccc(F)cc2[C@@H](C)O)no1. The molecule has 0 radical (unpaired) electrons. The van der Waals surface area contributed by atoms with Crippen molar-refractivity contribution in [3.63, 3.8) is 0 Å². The minimum absolute atomic E-state index is 0.379. The minimum Gasteiger partial charge on any atom is -0.389 e. The van der Waals surface area contributed by atoms with Gasteiger partial charge < -0.3 is 9.63 Å². The minimum atomic E-state index is -0.788. The highest BCUT2D eigenvalue weighted by molar-refractivity contribution is 5.67. The van der Waals surface area contributed by atoms with Gasteiger partial charge in [0.15, 0.2) is 0 Å². The summed E-state index contributed by atoms with van der Waals surface area (Å²) in [5.41, 5.74) is 3.73. The normalized spacial score (nSPS) is 12.5. The Morgan fingerprint density at radius 2 is 2.12 bits per heavy atom. The van der Waals surface area contributed by atoms with Crippen LogP contribution >= 0.6 is 0 Å². The van der Waals surface area contributed by atoms with E-state index in [9.17, 15) is 9.50 Å². The van der Waals surface area contributed by atoms with Crippen molar-refractivity contribution in [2.24, 2.45) is 7.05 Å². The quantitative estimate of drug-likeness (QED) is 0.779. The molecule has 6 heteroatoms. The Morgan fingerprint density at radius 1 is 1.33 bits per heavy atom. The number of aromatic nitrogens is 3. The van der Waals surface area contributed by atoms with Gasteiger partial charge in [-0.15, -0.1) is 0 Å². The molecule has 0 saturated carbocycles. The van der Waals surface area contributed by atoms with Gasteiger partial charge in [-0.3, -0.25) is 4.68 Å². The van der Waals surface area contributed by atoms with Crippen LogP contribution in [0.1, 0.15) is 42.5 Å². The van der Waals surface area contributed by atoms with Crippen LogP contribution in [0.2, 0.25) is 0 Å². The molecule has 1 aromatic carbocycles. The molecule has 0 amide bonds. The molecule has 3 rings (SSSR count). The molecule has 0 bridgehead atoms. The lowest BCUT2D eigenvalue weighted by Gasteiger charge is -2.11. The van der Waals surface area contributed by atoms with Crippen molar-refractivity contribution in [2.45, 2.75) is 32.8 Å². The molecule has 3 aromatic rings. The number of aliphatic hydroxyl groups is 1. The highest BCUT2D eigenvalue weighted by Crippen LogP contribution is 2.31. The fourth-order valence-electron chi connectivity index (χ4n) is 2.79. The molecular weight excluding hydrogens is 309 g/mol. The third-order valence-electron chi connectivity index (χ3n) is 3.95. The van der Waals surface area contributed by atoms with E-state index >= 15 is 0 Å². The molecule has 0 aliphatic rings. The van der Waals surface area contributed by atoms with Gasteiger partial charge in [-0.2, -0.15) is 5.10 Å². The van der Waals surface area contributed by atoms with E-state index in [2.05, 4.69) is 10.3 Å². The number of aryl methyl sites for hydroxylation is 2. The zero-order valence-corrected chi connectivity index (χ0v) is 14.0. The van der Waals surface area contributed by atoms with Gasteiger partial charge in [-0.25, -0.2) is 4.39 Å². The van der Waals surface area contributed by atoms with Crippen molar-refractivity contribution in [1.82, 2.24) is 14.9 Å². The Morgan fingerprint density at radius 3 is 2.79 bits per heavy atom. The first-order valence-corrected chi connectivity index (χ1v) is 7.92. The van der Waals surface area contributed by atoms with E-state index in [1.54, 1.807) is 17.7 Å². The Hall–Kier alpha value is -2.47. The van der Waals surface area contributed by atoms with E-state index in [0.717, 1.165) is 34.7 Å². The van der Waals surface area contributed by atoms with Gasteiger partial charge in [0.1, 0.15) is 11.6 Å². The Labute approximate surface area is 139 Å². The summed E-state index contributed by atoms with van der Waals surface area (Å²) in [5, 5.41) is 18.6. The van der Waals surface area contributed by atoms with Gasteiger partial charge in [0.25, 0.3) is 0 Å². The van der Waals surface area contributed by atoms with E-state index in [1.165, 1.54) is 12.1 Å². The molecule has 0 saturated heterocycles. The smallest absolute Gasteiger partial charge is 0.136 e. The van der Waals surface area contributed by atoms with Gasteiger partial charge >= 0.3 is 0 Å². The summed E-state index contributed by atoms with van der Waals surface area (Å²) in [6, 6.07) is 6.31. The van der Waals surface area contributed by atoms with Gasteiger partial charge in [-0.05, 0) is 30.7 Å². The van der Waals surface area contributed by atoms with Gasteiger partial charge in [0.2, 0.25) is 0 Å². The molecule has 0 spiro atoms. The molecule has 5 nitrogen and oxygen atoms in total. The predicted molar refractivity (Wildman–Crippen MR) is 87.9 cm³/mol. The van der Waals surface area contributed by atoms with E-state index in [1.807, 2.05) is 26.2 Å². The third kappa shape index (κ3) is 3.23. The van der Waals surface area contributed by atoms with Crippen LogP contribution in [0.4, 0.5) is 4.39 Å². The molecule has 2 aromatic heterocycles. The van der Waals surface area contributed by atoms with Crippen LogP contribution in [0.3, 0.4) is 0 Å². The molecule has 0 unspecified atom stereocenters. The third-order valence-corrected chi connectivity index (χ3v) is 3.95. The summed E-state index contributed by atoms with van der Waals surface area (Å²) >= 11 is 0. The van der Waals surface area contributed by atoms with E-state index in [4.69, 9.17) is 4.52 Å². The lowest BCUT2D eigenvalue weighted by molar-refractivity contribution is 0.199. The summed E-state index contributed by atoms with van der Waals surface area (Å²) in [6.07, 6.45) is 2.47. The Balaban J connectivity index is 2.03. The zero-order chi connectivity index (χ0) is 17.3. The summed E-state index contributed by atoms with van der Waals surface area (Å²) < 4.78 is 20.5. The second-order valence-corrected chi connectivity index (χ2v) is 5.90. The molecule has 1 atom stereocenters. The number of halogens is 1. The number of rotatable bonds is 5. The highest BCUT2D eigenvalue weighted by atomic mass is 19.1. The first-order chi connectivity index (χ1) is 11.5. The monoisotopic (exact) mass is 329 g/mol. The van der Waals surface area contributed by atoms with Crippen molar-refractivity contribution >= 4 is 0 Å². The largest absolute Gasteiger partial charge is 0.389 e. The van der Waals surface area contributed by atoms with Crippen LogP contribution in [0, 0.1) is 5.82 Å². The highest BCUT2D eigenvalue weighted by Gasteiger charge is 2.18. The maximum atomic E-state index is 13.6. The molecule has 126 valence electrons. The average molecular weight is 329 g/mol. The average Bonchev–Trinajstić information content (AvgIpc) is 3.14. The maximum Gasteiger partial charge on any atom is 0.136 e. The molecule has 0 aliphatic carbocycles. The number of nitrogens with zero attached hydrogens (tertiary/aromatic N) is 3. The van der Waals surface area contributed by atoms with Gasteiger partial charge in [0.05, 0.1) is 17.5 Å². The van der Waals surface area contributed by atoms with Crippen molar-refractivity contribution in [3.8, 4) is 11.3 Å². The zero-order valence-electron chi connectivity index (χ0n) is 14.0. The van der Waals surface area contributed by atoms with Crippen LogP contribution in [0.15, 0.2) is 35.0 Å². The summed E-state index contributed by atoms with van der Waals surface area (Å²) in [7, 11) is 1.83. The Kier molecular flexibility index (Phi) is 4.49. The van der Waals surface area contributed by atoms with E-state index in [0.29, 0.717) is 12.0 Å². The van der Waals surface area contributed by atoms with Crippen molar-refractivity contribution in [1.29, 1.82) is 0 Å². The molecule has 0 fully saturated rings. The fourth-order valence-corrected chi connectivity index (χ4v) is 2.79. The summed E-state index contributed by atoms with van der Waals surface area (Å²) in [6.45, 7) is 3.62. The standard InChI is InChI=1S/C18H20FN3O2/c1-4-15-9-14(21-24-15)7-12-10-22(3)20-18(12)16-6-5-13(19)8-17(16)11(2)23/h5-6,8-11,23H,4,7H2,1-3H3/t11-/m1/s1. The molecule has 0 aliphatic heterocycles. The molecule has 2 heterocycles. The number of aliphatic hydroxyl groups excluding tert-OH is 1. The topological polar surface area (TPSA) is 64.1 Å². The van der Waals surface area contributed by atoms with Crippen LogP contribution in [-0.4, -0.2) is 20.0 Å². The van der Waals surface area contributed by atoms with Crippen LogP contribution in [0.25, 0.3) is 11.3 Å². The molecular formula is C18H20FN3O2. The molecule has 24 heavy (non-hydrogen) atoms. The molecule has 1 N–H and O–H groups in total. The first kappa shape index (κ1) is 16.4. The maximum absolute atomic E-state index is 13.6. The van der Waals surface area contributed by atoms with Crippen LogP contribution < -0.4 is 0 Å². The summed E-state index contributed by atoms with van der Waals surface area (Å²) in [4.78, 5) is 0. The number of benzene rings is 1. The lowest BCUT2D eigenvalue weighted by Crippen LogP contribution is -1.99. The van der Waals surface area contributed by atoms with Crippen molar-refractivity contribution in [3.05, 3.63) is 58.9 Å². The van der Waals surface area contributed by atoms with Crippen LogP contribution in [0.5, 0.6) is 0 Å². The first-order valence-electron chi connectivity index (χ1n) is 7.92. The van der Waals surface area contributed by atoms with E-state index < -0.39 is 6.10 Å². The second kappa shape index (κ2) is 6.57. The van der Waals surface area contributed by atoms with Crippen molar-refractivity contribution in [2.75, 3.05) is 0 Å². The van der Waals surface area contributed by atoms with Gasteiger partial charge in [0, 0.05) is 43.3 Å². The lowest BCUT2D eigenvalue weighted by atomic mass is 9.97. The van der Waals surface area contributed by atoms with Crippen molar-refractivity contribution < 1.29 is 14.0 Å². The van der Waals surface area contributed by atoms with Gasteiger partial charge in [-0.1, -0.05) is 12.1 Å². The number of hydrogen-bond acceptors (Lipinski definition) is 4. The number of hydrogen-bond donors (Lipinski definition) is 1. The Bertz CT molecular complexity index is 852. The fraction of sp³-hybridized carbons (Fsp3) is 0.333. The summed E-state index contributed by atoms with van der Waals surface area (Å²) in [5.74, 6) is 0.457.